The molecule has 0 aromatic carbocycles. The SMILES string of the molecule is CCCCCCCCCCCCCCCOCCOCCOCCOCCOCCOCCOCCOCCOC1CCNCC1. The second-order valence-electron chi connectivity index (χ2n) is 12.0. The summed E-state index contributed by atoms with van der Waals surface area (Å²) >= 11 is 0. The van der Waals surface area contributed by atoms with Crippen molar-refractivity contribution in [1.82, 2.24) is 5.32 Å². The van der Waals surface area contributed by atoms with Crippen molar-refractivity contribution in [3.05, 3.63) is 0 Å². The molecule has 1 heterocycles. The number of ether oxygens (including phenoxy) is 9. The number of unbranched alkanes of at least 4 members (excludes halogenated alkanes) is 12. The minimum absolute atomic E-state index is 0.380. The second kappa shape index (κ2) is 39.0. The number of nitrogens with one attached hydrogen (secondary N) is 1. The second-order valence-corrected chi connectivity index (χ2v) is 12.0. The Labute approximate surface area is 282 Å². The first-order valence-corrected chi connectivity index (χ1v) is 18.9. The van der Waals surface area contributed by atoms with Gasteiger partial charge in [-0.25, -0.2) is 0 Å². The van der Waals surface area contributed by atoms with E-state index < -0.39 is 0 Å². The molecule has 0 aromatic rings. The van der Waals surface area contributed by atoms with Gasteiger partial charge in [0.15, 0.2) is 0 Å². The Bertz CT molecular complexity index is 556. The number of piperidine rings is 1. The zero-order valence-electron chi connectivity index (χ0n) is 29.8. The maximum absolute atomic E-state index is 5.80. The van der Waals surface area contributed by atoms with Crippen LogP contribution < -0.4 is 5.32 Å². The highest BCUT2D eigenvalue weighted by Gasteiger charge is 2.12. The minimum atomic E-state index is 0.380. The molecule has 1 saturated heterocycles. The third-order valence-corrected chi connectivity index (χ3v) is 7.86. The summed E-state index contributed by atoms with van der Waals surface area (Å²) in [5.41, 5.74) is 0. The van der Waals surface area contributed by atoms with Crippen LogP contribution in [0.2, 0.25) is 0 Å². The van der Waals surface area contributed by atoms with Crippen molar-refractivity contribution in [3.63, 3.8) is 0 Å². The van der Waals surface area contributed by atoms with Crippen LogP contribution in [-0.2, 0) is 42.6 Å². The third-order valence-electron chi connectivity index (χ3n) is 7.86. The maximum atomic E-state index is 5.80. The fraction of sp³-hybridized carbons (Fsp3) is 1.00. The highest BCUT2D eigenvalue weighted by atomic mass is 16.6. The molecule has 10 heteroatoms. The van der Waals surface area contributed by atoms with Crippen molar-refractivity contribution in [2.45, 2.75) is 109 Å². The molecule has 0 unspecified atom stereocenters. The molecule has 0 aliphatic carbocycles. The Balaban J connectivity index is 1.59. The Morgan fingerprint density at radius 2 is 0.630 bits per heavy atom. The van der Waals surface area contributed by atoms with Gasteiger partial charge in [-0.15, -0.1) is 0 Å². The average molecular weight is 664 g/mol. The van der Waals surface area contributed by atoms with E-state index in [0.29, 0.717) is 112 Å². The van der Waals surface area contributed by atoms with Crippen molar-refractivity contribution in [1.29, 1.82) is 0 Å². The summed E-state index contributed by atoms with van der Waals surface area (Å²) in [6, 6.07) is 0. The molecule has 0 aromatic heterocycles. The Morgan fingerprint density at radius 3 is 0.978 bits per heavy atom. The van der Waals surface area contributed by atoms with Gasteiger partial charge in [-0.2, -0.15) is 0 Å². The molecule has 1 fully saturated rings. The lowest BCUT2D eigenvalue weighted by molar-refractivity contribution is -0.0318. The van der Waals surface area contributed by atoms with E-state index in [-0.39, 0.29) is 0 Å². The lowest BCUT2D eigenvalue weighted by Crippen LogP contribution is -2.33. The molecule has 10 nitrogen and oxygen atoms in total. The van der Waals surface area contributed by atoms with Crippen LogP contribution in [0, 0.1) is 0 Å². The molecular weight excluding hydrogens is 590 g/mol. The predicted molar refractivity (Wildman–Crippen MR) is 184 cm³/mol. The summed E-state index contributed by atoms with van der Waals surface area (Å²) in [4.78, 5) is 0. The van der Waals surface area contributed by atoms with E-state index >= 15 is 0 Å². The molecule has 1 aliphatic rings. The molecule has 1 rings (SSSR count). The summed E-state index contributed by atoms with van der Waals surface area (Å²) < 4.78 is 50.2. The zero-order chi connectivity index (χ0) is 32.7. The predicted octanol–water partition coefficient (Wildman–Crippen LogP) is 5.98. The van der Waals surface area contributed by atoms with Gasteiger partial charge in [0.25, 0.3) is 0 Å². The van der Waals surface area contributed by atoms with Crippen LogP contribution >= 0.6 is 0 Å². The van der Waals surface area contributed by atoms with Crippen molar-refractivity contribution in [2.75, 3.05) is 125 Å². The zero-order valence-corrected chi connectivity index (χ0v) is 29.8. The normalized spacial score (nSPS) is 14.0. The van der Waals surface area contributed by atoms with Gasteiger partial charge in [0, 0.05) is 6.61 Å². The Morgan fingerprint density at radius 1 is 0.348 bits per heavy atom. The molecule has 0 spiro atoms. The minimum Gasteiger partial charge on any atom is -0.379 e. The van der Waals surface area contributed by atoms with Crippen LogP contribution in [-0.4, -0.2) is 132 Å². The average Bonchev–Trinajstić information content (AvgIpc) is 3.08. The summed E-state index contributed by atoms with van der Waals surface area (Å²) in [6.07, 6.45) is 20.4. The molecule has 1 N–H and O–H groups in total. The Kier molecular flexibility index (Phi) is 37.0. The van der Waals surface area contributed by atoms with Crippen molar-refractivity contribution < 1.29 is 42.6 Å². The highest BCUT2D eigenvalue weighted by molar-refractivity contribution is 4.67. The van der Waals surface area contributed by atoms with Crippen molar-refractivity contribution >= 4 is 0 Å². The first kappa shape index (κ1) is 43.6. The van der Waals surface area contributed by atoms with Gasteiger partial charge in [-0.1, -0.05) is 84.0 Å². The van der Waals surface area contributed by atoms with E-state index in [1.165, 1.54) is 77.0 Å². The van der Waals surface area contributed by atoms with Gasteiger partial charge in [0.2, 0.25) is 0 Å². The standard InChI is InChI=1S/C36H73NO9/c1-2-3-4-5-6-7-8-9-10-11-12-13-14-19-38-20-21-39-22-23-40-24-25-41-26-27-42-28-29-43-30-31-44-32-33-45-34-35-46-36-15-17-37-18-16-36/h36-37H,2-35H2,1H3. The first-order chi connectivity index (χ1) is 22.9. The van der Waals surface area contributed by atoms with Crippen LogP contribution in [0.1, 0.15) is 103 Å². The molecule has 276 valence electrons. The van der Waals surface area contributed by atoms with Gasteiger partial charge in [0.05, 0.1) is 112 Å². The van der Waals surface area contributed by atoms with Crippen molar-refractivity contribution in [2.24, 2.45) is 0 Å². The van der Waals surface area contributed by atoms with E-state index in [9.17, 15) is 0 Å². The summed E-state index contributed by atoms with van der Waals surface area (Å²) in [5, 5.41) is 3.33. The fourth-order valence-electron chi connectivity index (χ4n) is 5.10. The molecule has 0 atom stereocenters. The fourth-order valence-corrected chi connectivity index (χ4v) is 5.10. The molecule has 0 radical (unpaired) electrons. The molecular formula is C36H73NO9. The molecule has 0 amide bonds. The smallest absolute Gasteiger partial charge is 0.0704 e. The largest absolute Gasteiger partial charge is 0.379 e. The quantitative estimate of drug-likeness (QED) is 0.0792. The van der Waals surface area contributed by atoms with Gasteiger partial charge in [-0.05, 0) is 32.4 Å². The Hall–Kier alpha value is -0.400. The van der Waals surface area contributed by atoms with E-state index in [1.807, 2.05) is 0 Å². The van der Waals surface area contributed by atoms with E-state index in [2.05, 4.69) is 12.2 Å². The molecule has 0 saturated carbocycles. The van der Waals surface area contributed by atoms with Crippen LogP contribution in [0.25, 0.3) is 0 Å². The summed E-state index contributed by atoms with van der Waals surface area (Å²) in [5.74, 6) is 0. The summed E-state index contributed by atoms with van der Waals surface area (Å²) in [7, 11) is 0. The lowest BCUT2D eigenvalue weighted by Gasteiger charge is -2.22. The first-order valence-electron chi connectivity index (χ1n) is 18.9. The maximum Gasteiger partial charge on any atom is 0.0704 e. The topological polar surface area (TPSA) is 95.1 Å². The number of hydrogen-bond acceptors (Lipinski definition) is 10. The van der Waals surface area contributed by atoms with E-state index in [4.69, 9.17) is 42.6 Å². The number of hydrogen-bond donors (Lipinski definition) is 1. The lowest BCUT2D eigenvalue weighted by atomic mass is 10.0. The molecule has 0 bridgehead atoms. The van der Waals surface area contributed by atoms with Crippen LogP contribution in [0.3, 0.4) is 0 Å². The monoisotopic (exact) mass is 664 g/mol. The third kappa shape index (κ3) is 34.9. The van der Waals surface area contributed by atoms with Gasteiger partial charge >= 0.3 is 0 Å². The van der Waals surface area contributed by atoms with Gasteiger partial charge in [-0.3, -0.25) is 0 Å². The summed E-state index contributed by atoms with van der Waals surface area (Å²) in [6.45, 7) is 14.4. The van der Waals surface area contributed by atoms with E-state index in [1.54, 1.807) is 0 Å². The molecule has 1 aliphatic heterocycles. The van der Waals surface area contributed by atoms with Crippen LogP contribution in [0.4, 0.5) is 0 Å². The number of rotatable bonds is 39. The van der Waals surface area contributed by atoms with Crippen LogP contribution in [0.15, 0.2) is 0 Å². The van der Waals surface area contributed by atoms with E-state index in [0.717, 1.165) is 39.0 Å². The highest BCUT2D eigenvalue weighted by Crippen LogP contribution is 2.12. The van der Waals surface area contributed by atoms with Gasteiger partial charge < -0.3 is 47.9 Å². The molecule has 46 heavy (non-hydrogen) atoms. The van der Waals surface area contributed by atoms with Gasteiger partial charge in [0.1, 0.15) is 0 Å². The van der Waals surface area contributed by atoms with Crippen molar-refractivity contribution in [3.8, 4) is 0 Å². The van der Waals surface area contributed by atoms with Crippen LogP contribution in [0.5, 0.6) is 0 Å².